The highest BCUT2D eigenvalue weighted by Crippen LogP contribution is 2.37. The number of carbonyl (C=O) groups is 1. The third-order valence-corrected chi connectivity index (χ3v) is 4.80. The average molecular weight is 294 g/mol. The van der Waals surface area contributed by atoms with E-state index >= 15 is 0 Å². The van der Waals surface area contributed by atoms with Crippen molar-refractivity contribution in [3.05, 3.63) is 24.3 Å². The highest BCUT2D eigenvalue weighted by Gasteiger charge is 2.39. The predicted molar refractivity (Wildman–Crippen MR) is 83.2 cm³/mol. The van der Waals surface area contributed by atoms with E-state index in [1.165, 1.54) is 0 Å². The average Bonchev–Trinajstić information content (AvgIpc) is 2.81. The minimum atomic E-state index is -0.199. The van der Waals surface area contributed by atoms with Crippen molar-refractivity contribution in [3.8, 4) is 0 Å². The zero-order valence-corrected chi connectivity index (χ0v) is 12.8. The molecule has 0 bridgehead atoms. The van der Waals surface area contributed by atoms with Gasteiger partial charge in [-0.15, -0.1) is 11.8 Å². The number of thioether (sulfide) groups is 1. The lowest BCUT2D eigenvalue weighted by atomic mass is 9.86. The fourth-order valence-corrected chi connectivity index (χ4v) is 3.15. The molecule has 0 heterocycles. The molecule has 1 saturated carbocycles. The van der Waals surface area contributed by atoms with Gasteiger partial charge >= 0.3 is 6.03 Å². The van der Waals surface area contributed by atoms with Crippen molar-refractivity contribution >= 4 is 23.5 Å². The number of hydrogen-bond donors (Lipinski definition) is 3. The molecule has 110 valence electrons. The van der Waals surface area contributed by atoms with Crippen molar-refractivity contribution in [1.82, 2.24) is 5.32 Å². The van der Waals surface area contributed by atoms with E-state index in [4.69, 9.17) is 0 Å². The van der Waals surface area contributed by atoms with E-state index in [-0.39, 0.29) is 24.1 Å². The van der Waals surface area contributed by atoms with Crippen molar-refractivity contribution in [3.63, 3.8) is 0 Å². The molecule has 0 radical (unpaired) electrons. The lowest BCUT2D eigenvalue weighted by molar-refractivity contribution is 0.122. The number of nitrogens with one attached hydrogen (secondary N) is 2. The number of amides is 2. The van der Waals surface area contributed by atoms with E-state index in [0.717, 1.165) is 29.8 Å². The predicted octanol–water partition coefficient (Wildman–Crippen LogP) is 3.08. The molecule has 1 aromatic carbocycles. The molecular weight excluding hydrogens is 272 g/mol. The Morgan fingerprint density at radius 1 is 1.55 bits per heavy atom. The third-order valence-electron chi connectivity index (χ3n) is 4.08. The second-order valence-electron chi connectivity index (χ2n) is 5.59. The molecule has 1 fully saturated rings. The summed E-state index contributed by atoms with van der Waals surface area (Å²) in [6, 6.07) is 7.59. The maximum atomic E-state index is 12.1. The van der Waals surface area contributed by atoms with Crippen molar-refractivity contribution < 1.29 is 9.90 Å². The van der Waals surface area contributed by atoms with Crippen LogP contribution in [0.2, 0.25) is 0 Å². The molecule has 4 nitrogen and oxygen atoms in total. The highest BCUT2D eigenvalue weighted by atomic mass is 32.2. The number of hydrogen-bond acceptors (Lipinski definition) is 3. The number of benzene rings is 1. The van der Waals surface area contributed by atoms with Crippen LogP contribution < -0.4 is 10.6 Å². The summed E-state index contributed by atoms with van der Waals surface area (Å²) in [4.78, 5) is 13.2. The van der Waals surface area contributed by atoms with Gasteiger partial charge in [-0.25, -0.2) is 4.79 Å². The summed E-state index contributed by atoms with van der Waals surface area (Å²) in [5.74, 6) is 0. The first-order valence-corrected chi connectivity index (χ1v) is 8.12. The Hall–Kier alpha value is -1.20. The Kier molecular flexibility index (Phi) is 4.94. The van der Waals surface area contributed by atoms with Gasteiger partial charge in [-0.1, -0.05) is 19.4 Å². The highest BCUT2D eigenvalue weighted by molar-refractivity contribution is 7.98. The Balaban J connectivity index is 1.95. The zero-order chi connectivity index (χ0) is 14.6. The molecule has 0 aromatic heterocycles. The van der Waals surface area contributed by atoms with Crippen LogP contribution in [0.5, 0.6) is 0 Å². The SMILES string of the molecule is CSc1cccc(NC(=O)NC2CCCC2(C)CO)c1. The molecule has 1 aromatic rings. The Morgan fingerprint density at radius 3 is 3.05 bits per heavy atom. The fourth-order valence-electron chi connectivity index (χ4n) is 2.69. The lowest BCUT2D eigenvalue weighted by Crippen LogP contribution is -2.46. The molecule has 1 aliphatic rings. The van der Waals surface area contributed by atoms with Crippen molar-refractivity contribution in [1.29, 1.82) is 0 Å². The second-order valence-corrected chi connectivity index (χ2v) is 6.47. The maximum absolute atomic E-state index is 12.1. The van der Waals surface area contributed by atoms with Gasteiger partial charge < -0.3 is 15.7 Å². The van der Waals surface area contributed by atoms with Gasteiger partial charge in [0.2, 0.25) is 0 Å². The Morgan fingerprint density at radius 2 is 2.35 bits per heavy atom. The van der Waals surface area contributed by atoms with Crippen LogP contribution >= 0.6 is 11.8 Å². The number of carbonyl (C=O) groups excluding carboxylic acids is 1. The summed E-state index contributed by atoms with van der Waals surface area (Å²) in [5, 5.41) is 15.3. The Labute approximate surface area is 124 Å². The number of aliphatic hydroxyl groups is 1. The molecule has 2 atom stereocenters. The van der Waals surface area contributed by atoms with Gasteiger partial charge in [-0.2, -0.15) is 0 Å². The van der Waals surface area contributed by atoms with Gasteiger partial charge in [0.25, 0.3) is 0 Å². The van der Waals surface area contributed by atoms with Gasteiger partial charge in [0, 0.05) is 22.0 Å². The molecule has 2 rings (SSSR count). The van der Waals surface area contributed by atoms with Crippen LogP contribution in [0.25, 0.3) is 0 Å². The molecule has 0 spiro atoms. The topological polar surface area (TPSA) is 61.4 Å². The summed E-state index contributed by atoms with van der Waals surface area (Å²) in [5.41, 5.74) is 0.594. The minimum absolute atomic E-state index is 0.0382. The van der Waals surface area contributed by atoms with Crippen molar-refractivity contribution in [2.45, 2.75) is 37.1 Å². The van der Waals surface area contributed by atoms with Gasteiger partial charge in [-0.05, 0) is 37.3 Å². The first-order chi connectivity index (χ1) is 9.57. The molecule has 3 N–H and O–H groups in total. The van der Waals surface area contributed by atoms with Gasteiger partial charge in [0.1, 0.15) is 0 Å². The quantitative estimate of drug-likeness (QED) is 0.748. The number of anilines is 1. The summed E-state index contributed by atoms with van der Waals surface area (Å²) in [6.07, 6.45) is 4.93. The van der Waals surface area contributed by atoms with Crippen molar-refractivity contribution in [2.75, 3.05) is 18.2 Å². The van der Waals surface area contributed by atoms with Crippen LogP contribution in [0.4, 0.5) is 10.5 Å². The van der Waals surface area contributed by atoms with Gasteiger partial charge in [0.15, 0.2) is 0 Å². The lowest BCUT2D eigenvalue weighted by Gasteiger charge is -2.30. The number of aliphatic hydroxyl groups excluding tert-OH is 1. The molecule has 20 heavy (non-hydrogen) atoms. The molecular formula is C15H22N2O2S. The van der Waals surface area contributed by atoms with E-state index in [9.17, 15) is 9.90 Å². The minimum Gasteiger partial charge on any atom is -0.396 e. The van der Waals surface area contributed by atoms with E-state index < -0.39 is 0 Å². The van der Waals surface area contributed by atoms with Crippen LogP contribution in [0.15, 0.2) is 29.2 Å². The van der Waals surface area contributed by atoms with Crippen LogP contribution in [-0.4, -0.2) is 30.0 Å². The monoisotopic (exact) mass is 294 g/mol. The van der Waals surface area contributed by atoms with Gasteiger partial charge in [0.05, 0.1) is 6.61 Å². The summed E-state index contributed by atoms with van der Waals surface area (Å²) < 4.78 is 0. The van der Waals surface area contributed by atoms with Gasteiger partial charge in [-0.3, -0.25) is 0 Å². The first-order valence-electron chi connectivity index (χ1n) is 6.90. The third kappa shape index (κ3) is 3.46. The summed E-state index contributed by atoms with van der Waals surface area (Å²) >= 11 is 1.64. The van der Waals surface area contributed by atoms with Crippen LogP contribution in [-0.2, 0) is 0 Å². The molecule has 2 amide bonds. The molecule has 1 aliphatic carbocycles. The van der Waals surface area contributed by atoms with Crippen molar-refractivity contribution in [2.24, 2.45) is 5.41 Å². The Bertz CT molecular complexity index is 481. The smallest absolute Gasteiger partial charge is 0.319 e. The fraction of sp³-hybridized carbons (Fsp3) is 0.533. The summed E-state index contributed by atoms with van der Waals surface area (Å²) in [6.45, 7) is 2.14. The molecule has 0 saturated heterocycles. The van der Waals surface area contributed by atoms with E-state index in [1.54, 1.807) is 11.8 Å². The molecule has 5 heteroatoms. The first kappa shape index (κ1) is 15.2. The zero-order valence-electron chi connectivity index (χ0n) is 12.0. The van der Waals surface area contributed by atoms with E-state index in [0.29, 0.717) is 0 Å². The summed E-state index contributed by atoms with van der Waals surface area (Å²) in [7, 11) is 0. The maximum Gasteiger partial charge on any atom is 0.319 e. The number of rotatable bonds is 4. The normalized spacial score (nSPS) is 25.4. The van der Waals surface area contributed by atoms with Crippen LogP contribution in [0.1, 0.15) is 26.2 Å². The van der Waals surface area contributed by atoms with Crippen LogP contribution in [0, 0.1) is 5.41 Å². The van der Waals surface area contributed by atoms with Crippen LogP contribution in [0.3, 0.4) is 0 Å². The largest absolute Gasteiger partial charge is 0.396 e. The number of urea groups is 1. The second kappa shape index (κ2) is 6.50. The standard InChI is InChI=1S/C15H22N2O2S/c1-15(10-18)8-4-7-13(15)17-14(19)16-11-5-3-6-12(9-11)20-2/h3,5-6,9,13,18H,4,7-8,10H2,1-2H3,(H2,16,17,19). The van der Waals surface area contributed by atoms with E-state index in [2.05, 4.69) is 10.6 Å². The molecule has 2 unspecified atom stereocenters. The molecule has 0 aliphatic heterocycles. The van der Waals surface area contributed by atoms with E-state index in [1.807, 2.05) is 37.4 Å².